The number of nitrogens with zero attached hydrogens (tertiary/aromatic N) is 1. The summed E-state index contributed by atoms with van der Waals surface area (Å²) < 4.78 is 5.43. The lowest BCUT2D eigenvalue weighted by Gasteiger charge is -2.34. The average molecular weight is 270 g/mol. The molecule has 1 heterocycles. The number of hydrogen-bond acceptors (Lipinski definition) is 3. The first-order valence-electron chi connectivity index (χ1n) is 7.93. The van der Waals surface area contributed by atoms with Crippen molar-refractivity contribution in [3.63, 3.8) is 0 Å². The summed E-state index contributed by atoms with van der Waals surface area (Å²) in [7, 11) is 2.27. The van der Waals surface area contributed by atoms with Crippen molar-refractivity contribution in [3.8, 4) is 0 Å². The zero-order chi connectivity index (χ0) is 14.3. The van der Waals surface area contributed by atoms with Gasteiger partial charge in [0.15, 0.2) is 0 Å². The normalized spacial score (nSPS) is 19.9. The predicted molar refractivity (Wildman–Crippen MR) is 82.6 cm³/mol. The van der Waals surface area contributed by atoms with E-state index in [9.17, 15) is 0 Å². The van der Waals surface area contributed by atoms with Crippen LogP contribution in [-0.2, 0) is 4.74 Å². The molecule has 1 atom stereocenters. The largest absolute Gasteiger partial charge is 0.381 e. The minimum Gasteiger partial charge on any atom is -0.381 e. The smallest absolute Gasteiger partial charge is 0.0469 e. The second-order valence-corrected chi connectivity index (χ2v) is 7.08. The van der Waals surface area contributed by atoms with Crippen LogP contribution in [0.1, 0.15) is 47.0 Å². The van der Waals surface area contributed by atoms with Crippen molar-refractivity contribution in [1.29, 1.82) is 0 Å². The molecule has 0 bridgehead atoms. The average Bonchev–Trinajstić information content (AvgIpc) is 2.34. The van der Waals surface area contributed by atoms with Gasteiger partial charge in [0.2, 0.25) is 0 Å². The highest BCUT2D eigenvalue weighted by molar-refractivity contribution is 4.81. The van der Waals surface area contributed by atoms with Crippen molar-refractivity contribution in [2.24, 2.45) is 11.3 Å². The van der Waals surface area contributed by atoms with Gasteiger partial charge in [-0.2, -0.15) is 0 Å². The molecular formula is C16H34N2O. The summed E-state index contributed by atoms with van der Waals surface area (Å²) in [6.45, 7) is 14.6. The fraction of sp³-hybridized carbons (Fsp3) is 1.00. The van der Waals surface area contributed by atoms with E-state index in [0.29, 0.717) is 11.5 Å². The third-order valence-corrected chi connectivity index (χ3v) is 4.21. The Labute approximate surface area is 120 Å². The monoisotopic (exact) mass is 270 g/mol. The molecule has 0 aliphatic carbocycles. The fourth-order valence-corrected chi connectivity index (χ4v) is 2.90. The predicted octanol–water partition coefficient (Wildman–Crippen LogP) is 2.76. The Hall–Kier alpha value is -0.120. The van der Waals surface area contributed by atoms with Gasteiger partial charge in [-0.3, -0.25) is 0 Å². The van der Waals surface area contributed by atoms with Crippen LogP contribution in [0.2, 0.25) is 0 Å². The molecule has 1 fully saturated rings. The Morgan fingerprint density at radius 1 is 1.26 bits per heavy atom. The third kappa shape index (κ3) is 6.73. The quantitative estimate of drug-likeness (QED) is 0.770. The van der Waals surface area contributed by atoms with E-state index in [-0.39, 0.29) is 0 Å². The van der Waals surface area contributed by atoms with Gasteiger partial charge in [0, 0.05) is 25.8 Å². The van der Waals surface area contributed by atoms with Crippen LogP contribution in [0.15, 0.2) is 0 Å². The van der Waals surface area contributed by atoms with Crippen molar-refractivity contribution in [3.05, 3.63) is 0 Å². The first kappa shape index (κ1) is 16.9. The molecular weight excluding hydrogens is 236 g/mol. The molecule has 0 amide bonds. The first-order chi connectivity index (χ1) is 8.93. The molecule has 0 radical (unpaired) electrons. The Morgan fingerprint density at radius 2 is 1.89 bits per heavy atom. The Bertz CT molecular complexity index is 231. The highest BCUT2D eigenvalue weighted by atomic mass is 16.5. The number of hydrogen-bond donors (Lipinski definition) is 1. The highest BCUT2D eigenvalue weighted by Crippen LogP contribution is 2.22. The summed E-state index contributed by atoms with van der Waals surface area (Å²) >= 11 is 0. The first-order valence-corrected chi connectivity index (χ1v) is 7.93. The molecule has 1 rings (SSSR count). The molecule has 0 spiro atoms. The van der Waals surface area contributed by atoms with E-state index in [1.165, 1.54) is 32.4 Å². The van der Waals surface area contributed by atoms with Gasteiger partial charge in [-0.25, -0.2) is 0 Å². The minimum absolute atomic E-state index is 0.343. The van der Waals surface area contributed by atoms with Crippen LogP contribution in [0, 0.1) is 11.3 Å². The standard InChI is InChI=1S/C16H34N2O/c1-6-17-15(16(2,3)4)7-10-18(5)13-14-8-11-19-12-9-14/h14-15,17H,6-13H2,1-5H3. The summed E-state index contributed by atoms with van der Waals surface area (Å²) in [6.07, 6.45) is 3.71. The maximum Gasteiger partial charge on any atom is 0.0469 e. The number of rotatable bonds is 7. The van der Waals surface area contributed by atoms with Gasteiger partial charge in [0.05, 0.1) is 0 Å². The summed E-state index contributed by atoms with van der Waals surface area (Å²) in [5, 5.41) is 3.63. The van der Waals surface area contributed by atoms with Crippen molar-refractivity contribution in [1.82, 2.24) is 10.2 Å². The Morgan fingerprint density at radius 3 is 2.42 bits per heavy atom. The van der Waals surface area contributed by atoms with E-state index in [4.69, 9.17) is 4.74 Å². The van der Waals surface area contributed by atoms with Crippen LogP contribution in [0.4, 0.5) is 0 Å². The van der Waals surface area contributed by atoms with Crippen LogP contribution in [0.25, 0.3) is 0 Å². The summed E-state index contributed by atoms with van der Waals surface area (Å²) in [5.41, 5.74) is 0.343. The van der Waals surface area contributed by atoms with Crippen molar-refractivity contribution in [2.45, 2.75) is 53.0 Å². The van der Waals surface area contributed by atoms with E-state index < -0.39 is 0 Å². The molecule has 1 aliphatic rings. The van der Waals surface area contributed by atoms with E-state index in [1.807, 2.05) is 0 Å². The van der Waals surface area contributed by atoms with Crippen LogP contribution in [0.5, 0.6) is 0 Å². The van der Waals surface area contributed by atoms with E-state index in [1.54, 1.807) is 0 Å². The minimum atomic E-state index is 0.343. The third-order valence-electron chi connectivity index (χ3n) is 4.21. The highest BCUT2D eigenvalue weighted by Gasteiger charge is 2.24. The van der Waals surface area contributed by atoms with E-state index in [2.05, 4.69) is 45.0 Å². The Balaban J connectivity index is 2.28. The molecule has 114 valence electrons. The van der Waals surface area contributed by atoms with Gasteiger partial charge < -0.3 is 15.0 Å². The maximum absolute atomic E-state index is 5.43. The molecule has 19 heavy (non-hydrogen) atoms. The van der Waals surface area contributed by atoms with Crippen molar-refractivity contribution < 1.29 is 4.74 Å². The zero-order valence-corrected chi connectivity index (χ0v) is 13.7. The molecule has 0 aromatic heterocycles. The number of nitrogens with one attached hydrogen (secondary N) is 1. The molecule has 1 aliphatic heterocycles. The molecule has 1 N–H and O–H groups in total. The molecule has 0 aromatic carbocycles. The van der Waals surface area contributed by atoms with Crippen molar-refractivity contribution >= 4 is 0 Å². The maximum atomic E-state index is 5.43. The molecule has 0 aromatic rings. The van der Waals surface area contributed by atoms with Gasteiger partial charge in [-0.05, 0) is 50.7 Å². The lowest BCUT2D eigenvalue weighted by molar-refractivity contribution is 0.0548. The Kier molecular flexibility index (Phi) is 7.33. The van der Waals surface area contributed by atoms with Gasteiger partial charge >= 0.3 is 0 Å². The van der Waals surface area contributed by atoms with E-state index >= 15 is 0 Å². The second-order valence-electron chi connectivity index (χ2n) is 7.08. The molecule has 3 nitrogen and oxygen atoms in total. The van der Waals surface area contributed by atoms with Gasteiger partial charge in [-0.1, -0.05) is 27.7 Å². The van der Waals surface area contributed by atoms with E-state index in [0.717, 1.165) is 25.7 Å². The summed E-state index contributed by atoms with van der Waals surface area (Å²) in [4.78, 5) is 2.51. The number of ether oxygens (including phenoxy) is 1. The molecule has 1 unspecified atom stereocenters. The lowest BCUT2D eigenvalue weighted by Crippen LogP contribution is -2.43. The van der Waals surface area contributed by atoms with Gasteiger partial charge in [0.1, 0.15) is 0 Å². The lowest BCUT2D eigenvalue weighted by atomic mass is 9.84. The van der Waals surface area contributed by atoms with Gasteiger partial charge in [-0.15, -0.1) is 0 Å². The van der Waals surface area contributed by atoms with Crippen LogP contribution < -0.4 is 5.32 Å². The molecule has 0 saturated carbocycles. The van der Waals surface area contributed by atoms with Crippen molar-refractivity contribution in [2.75, 3.05) is 39.9 Å². The SMILES string of the molecule is CCNC(CCN(C)CC1CCOCC1)C(C)(C)C. The zero-order valence-electron chi connectivity index (χ0n) is 13.7. The summed E-state index contributed by atoms with van der Waals surface area (Å²) in [5.74, 6) is 0.839. The molecule has 1 saturated heterocycles. The van der Waals surface area contributed by atoms with Crippen LogP contribution >= 0.6 is 0 Å². The van der Waals surface area contributed by atoms with Crippen LogP contribution in [0.3, 0.4) is 0 Å². The van der Waals surface area contributed by atoms with Crippen LogP contribution in [-0.4, -0.2) is 50.8 Å². The molecule has 3 heteroatoms. The topological polar surface area (TPSA) is 24.5 Å². The second kappa shape index (κ2) is 8.23. The van der Waals surface area contributed by atoms with Gasteiger partial charge in [0.25, 0.3) is 0 Å². The fourth-order valence-electron chi connectivity index (χ4n) is 2.90. The summed E-state index contributed by atoms with van der Waals surface area (Å²) in [6, 6.07) is 0.606.